The second-order valence-corrected chi connectivity index (χ2v) is 24.7. The van der Waals surface area contributed by atoms with E-state index in [1.54, 1.807) is 6.33 Å². The smallest absolute Gasteiger partial charge is 0.166 e. The number of nitrogens with zero attached hydrogens (tertiary/aromatic N) is 6. The summed E-state index contributed by atoms with van der Waals surface area (Å²) in [6.07, 6.45) is 8.01. The number of aromatic nitrogens is 5. The van der Waals surface area contributed by atoms with Gasteiger partial charge in [-0.05, 0) is 163 Å². The Morgan fingerprint density at radius 1 is 0.385 bits per heavy atom. The monoisotopic (exact) mass is 1170 g/mol. The first-order chi connectivity index (χ1) is 44.9. The molecule has 1 aliphatic carbocycles. The van der Waals surface area contributed by atoms with Crippen molar-refractivity contribution in [3.63, 3.8) is 0 Å². The summed E-state index contributed by atoms with van der Waals surface area (Å²) >= 11 is 0. The fourth-order valence-corrected chi connectivity index (χ4v) is 14.7. The summed E-state index contributed by atoms with van der Waals surface area (Å²) in [4.78, 5) is 28.1. The van der Waals surface area contributed by atoms with Crippen LogP contribution in [0.3, 0.4) is 0 Å². The van der Waals surface area contributed by atoms with Crippen molar-refractivity contribution in [2.75, 3.05) is 4.90 Å². The van der Waals surface area contributed by atoms with Crippen molar-refractivity contribution >= 4 is 98.3 Å². The molecule has 0 N–H and O–H groups in total. The molecule has 0 unspecified atom stereocenters. The van der Waals surface area contributed by atoms with Crippen LogP contribution in [-0.4, -0.2) is 31.0 Å². The van der Waals surface area contributed by atoms with E-state index in [-0.39, 0.29) is 12.0 Å². The summed E-state index contributed by atoms with van der Waals surface area (Å²) in [6.45, 7) is 4.22. The molecule has 0 saturated heterocycles. The van der Waals surface area contributed by atoms with E-state index in [4.69, 9.17) is 28.8 Å². The average molecular weight is 1170 g/mol. The van der Waals surface area contributed by atoms with E-state index in [1.165, 1.54) is 40.1 Å². The van der Waals surface area contributed by atoms with Gasteiger partial charge in [0.05, 0.1) is 22.6 Å². The van der Waals surface area contributed by atoms with Crippen molar-refractivity contribution in [1.29, 1.82) is 0 Å². The molecule has 0 aliphatic heterocycles. The Kier molecular flexibility index (Phi) is 12.3. The molecule has 12 aromatic carbocycles. The molecule has 0 atom stereocenters. The summed E-state index contributed by atoms with van der Waals surface area (Å²) in [6, 6.07) is 87.8. The van der Waals surface area contributed by atoms with Crippen LogP contribution in [0.25, 0.3) is 166 Å². The molecule has 5 heterocycles. The van der Waals surface area contributed by atoms with Crippen LogP contribution in [0.2, 0.25) is 0 Å². The highest BCUT2D eigenvalue weighted by molar-refractivity contribution is 6.38. The van der Waals surface area contributed by atoms with Gasteiger partial charge in [-0.15, -0.1) is 0 Å². The molecule has 91 heavy (non-hydrogen) atoms. The van der Waals surface area contributed by atoms with E-state index in [9.17, 15) is 0 Å². The quantitative estimate of drug-likeness (QED) is 0.118. The lowest BCUT2D eigenvalue weighted by molar-refractivity contribution is 0.664. The summed E-state index contributed by atoms with van der Waals surface area (Å²) in [5, 5.41) is 12.8. The van der Waals surface area contributed by atoms with Gasteiger partial charge in [-0.2, -0.15) is 0 Å². The SMILES string of the molecule is CC(C)c1ncnc(-c2ccc3c4cc(N(c5ccc(-c6ccccc6)cc5)C5CCCC5)cc5oc6c(-c7cccc(-c8cccc9cc%10ccccc%10cc89)n7)ccc(c7cc(-c8ncccc8-c8cccc(-c9ccccc9)c8)cc8oc2c3c87)c6c54)n1. The first-order valence-electron chi connectivity index (χ1n) is 31.6. The molecule has 0 bridgehead atoms. The van der Waals surface area contributed by atoms with Crippen LogP contribution in [0.15, 0.2) is 264 Å². The third-order valence-corrected chi connectivity index (χ3v) is 19.0. The lowest BCUT2D eigenvalue weighted by Gasteiger charge is -2.32. The predicted molar refractivity (Wildman–Crippen MR) is 374 cm³/mol. The van der Waals surface area contributed by atoms with Crippen molar-refractivity contribution in [3.05, 3.63) is 261 Å². The fourth-order valence-electron chi connectivity index (χ4n) is 14.7. The number of furan rings is 2. The van der Waals surface area contributed by atoms with Crippen LogP contribution >= 0.6 is 0 Å². The molecule has 1 fully saturated rings. The van der Waals surface area contributed by atoms with Crippen LogP contribution in [0.1, 0.15) is 51.3 Å². The molecule has 432 valence electrons. The normalized spacial score (nSPS) is 13.0. The zero-order valence-electron chi connectivity index (χ0n) is 50.2. The van der Waals surface area contributed by atoms with Gasteiger partial charge in [0, 0.05) is 79.4 Å². The van der Waals surface area contributed by atoms with E-state index in [0.717, 1.165) is 157 Å². The summed E-state index contributed by atoms with van der Waals surface area (Å²) in [5.74, 6) is 1.37. The van der Waals surface area contributed by atoms with Gasteiger partial charge in [0.2, 0.25) is 0 Å². The summed E-state index contributed by atoms with van der Waals surface area (Å²) < 4.78 is 15.2. The topological polar surface area (TPSA) is 94.0 Å². The third kappa shape index (κ3) is 8.76. The van der Waals surface area contributed by atoms with E-state index < -0.39 is 0 Å². The molecular weight excluding hydrogens is 1110 g/mol. The van der Waals surface area contributed by atoms with Crippen LogP contribution in [0, 0.1) is 0 Å². The molecule has 17 aromatic rings. The lowest BCUT2D eigenvalue weighted by atomic mass is 9.90. The highest BCUT2D eigenvalue weighted by atomic mass is 16.3. The van der Waals surface area contributed by atoms with Gasteiger partial charge >= 0.3 is 0 Å². The Balaban J connectivity index is 0.937. The van der Waals surface area contributed by atoms with Crippen LogP contribution in [-0.2, 0) is 0 Å². The van der Waals surface area contributed by atoms with Crippen molar-refractivity contribution in [3.8, 4) is 78.5 Å². The van der Waals surface area contributed by atoms with Crippen molar-refractivity contribution in [2.24, 2.45) is 0 Å². The number of hydrogen-bond acceptors (Lipinski definition) is 8. The van der Waals surface area contributed by atoms with E-state index in [1.807, 2.05) is 12.3 Å². The number of anilines is 2. The Bertz CT molecular complexity index is 5710. The van der Waals surface area contributed by atoms with Gasteiger partial charge in [-0.25, -0.2) is 19.9 Å². The number of benzene rings is 11. The summed E-state index contributed by atoms with van der Waals surface area (Å²) in [7, 11) is 0. The second kappa shape index (κ2) is 21.2. The summed E-state index contributed by atoms with van der Waals surface area (Å²) in [5.41, 5.74) is 18.2. The Hall–Kier alpha value is -11.4. The van der Waals surface area contributed by atoms with Gasteiger partial charge in [0.1, 0.15) is 34.5 Å². The Morgan fingerprint density at radius 2 is 0.989 bits per heavy atom. The number of rotatable bonds is 11. The van der Waals surface area contributed by atoms with E-state index >= 15 is 0 Å². The van der Waals surface area contributed by atoms with Gasteiger partial charge in [-0.3, -0.25) is 4.98 Å². The zero-order chi connectivity index (χ0) is 60.3. The Labute approximate surface area is 525 Å². The third-order valence-electron chi connectivity index (χ3n) is 19.0. The van der Waals surface area contributed by atoms with E-state index in [2.05, 4.69) is 260 Å². The predicted octanol–water partition coefficient (Wildman–Crippen LogP) is 22.4. The molecule has 0 amide bonds. The van der Waals surface area contributed by atoms with Gasteiger partial charge in [0.15, 0.2) is 5.82 Å². The molecule has 0 radical (unpaired) electrons. The minimum absolute atomic E-state index is 0.0859. The maximum absolute atomic E-state index is 7.69. The van der Waals surface area contributed by atoms with Crippen LogP contribution < -0.4 is 4.90 Å². The second-order valence-electron chi connectivity index (χ2n) is 24.7. The standard InChI is InChI=1S/C83H58N6O2/c1-49(2)82-85-48-86-83(88-82)67-39-37-65-70-46-61(89(59-26-11-12-27-59)60-34-32-52(33-35-60)50-17-5-3-6-18-50)47-74-76(70)77-64(36-38-66(80(77)91-74)72-31-15-30-71(87-72)63-28-14-25-57-42-54-21-9-10-22-55(54)43-68(57)63)69-44-58(45-73-75(69)78(65)81(67)90-73)79-62(29-16-40-84-79)56-24-13-23-53(41-56)51-19-7-4-8-20-51/h3-10,13-25,28-49,59H,11-12,26-27H2,1-2H3. The molecule has 18 rings (SSSR count). The molecule has 1 aliphatic rings. The first-order valence-corrected chi connectivity index (χ1v) is 31.6. The van der Waals surface area contributed by atoms with Crippen LogP contribution in [0.4, 0.5) is 11.4 Å². The van der Waals surface area contributed by atoms with Crippen molar-refractivity contribution in [1.82, 2.24) is 24.9 Å². The largest absolute Gasteiger partial charge is 0.455 e. The van der Waals surface area contributed by atoms with Crippen LogP contribution in [0.5, 0.6) is 0 Å². The number of hydrogen-bond donors (Lipinski definition) is 0. The molecule has 1 saturated carbocycles. The highest BCUT2D eigenvalue weighted by Crippen LogP contribution is 2.52. The minimum Gasteiger partial charge on any atom is -0.455 e. The van der Waals surface area contributed by atoms with Crippen molar-refractivity contribution in [2.45, 2.75) is 51.5 Å². The van der Waals surface area contributed by atoms with E-state index in [0.29, 0.717) is 11.4 Å². The average Bonchev–Trinajstić information content (AvgIpc) is 1.59. The molecule has 5 aromatic heterocycles. The molecule has 8 nitrogen and oxygen atoms in total. The maximum Gasteiger partial charge on any atom is 0.166 e. The van der Waals surface area contributed by atoms with Gasteiger partial charge < -0.3 is 13.7 Å². The molecular formula is C83H58N6O2. The molecule has 8 heteroatoms. The van der Waals surface area contributed by atoms with Gasteiger partial charge in [0.25, 0.3) is 0 Å². The maximum atomic E-state index is 7.69. The number of pyridine rings is 2. The van der Waals surface area contributed by atoms with Gasteiger partial charge in [-0.1, -0.05) is 184 Å². The lowest BCUT2D eigenvalue weighted by Crippen LogP contribution is -2.28. The zero-order valence-corrected chi connectivity index (χ0v) is 50.2. The van der Waals surface area contributed by atoms with Crippen molar-refractivity contribution < 1.29 is 8.83 Å². The first kappa shape index (κ1) is 52.7. The Morgan fingerprint density at radius 3 is 1.75 bits per heavy atom. The fraction of sp³-hybridized carbons (Fsp3) is 0.0964. The minimum atomic E-state index is 0.0859. The molecule has 0 spiro atoms. The number of fused-ring (bicyclic) bond motifs is 4. The highest BCUT2D eigenvalue weighted by Gasteiger charge is 2.30.